The largest absolute Gasteiger partial charge is 0.325 e. The second kappa shape index (κ2) is 8.14. The molecule has 114 valence electrons. The summed E-state index contributed by atoms with van der Waals surface area (Å²) in [4.78, 5) is 28.1. The molecule has 2 aromatic rings. The lowest BCUT2D eigenvalue weighted by Gasteiger charge is -2.11. The summed E-state index contributed by atoms with van der Waals surface area (Å²) in [7, 11) is 0. The number of rotatable bonds is 6. The van der Waals surface area contributed by atoms with Crippen LogP contribution in [0.25, 0.3) is 0 Å². The van der Waals surface area contributed by atoms with E-state index >= 15 is 0 Å². The maximum absolute atomic E-state index is 12.3. The van der Waals surface area contributed by atoms with Crippen LogP contribution in [0.2, 0.25) is 0 Å². The zero-order chi connectivity index (χ0) is 15.8. The van der Waals surface area contributed by atoms with Gasteiger partial charge in [-0.3, -0.25) is 9.59 Å². The summed E-state index contributed by atoms with van der Waals surface area (Å²) in [6.45, 7) is 0. The van der Waals surface area contributed by atoms with E-state index in [1.165, 1.54) is 0 Å². The number of alkyl halides is 1. The summed E-state index contributed by atoms with van der Waals surface area (Å²) in [5.41, 5.74) is 0.850. The monoisotopic (exact) mass is 317 g/mol. The van der Waals surface area contributed by atoms with E-state index in [0.29, 0.717) is 35.8 Å². The van der Waals surface area contributed by atoms with Crippen LogP contribution < -0.4 is 10.6 Å². The van der Waals surface area contributed by atoms with Gasteiger partial charge in [-0.15, -0.1) is 11.6 Å². The van der Waals surface area contributed by atoms with Crippen LogP contribution in [0.1, 0.15) is 23.2 Å². The van der Waals surface area contributed by atoms with Crippen LogP contribution in [0.4, 0.5) is 11.5 Å². The molecular weight excluding hydrogens is 302 g/mol. The van der Waals surface area contributed by atoms with Gasteiger partial charge < -0.3 is 10.6 Å². The van der Waals surface area contributed by atoms with Crippen molar-refractivity contribution in [2.24, 2.45) is 0 Å². The number of benzene rings is 1. The molecule has 0 aliphatic rings. The third kappa shape index (κ3) is 4.56. The van der Waals surface area contributed by atoms with E-state index < -0.39 is 0 Å². The van der Waals surface area contributed by atoms with Gasteiger partial charge in [0.15, 0.2) is 0 Å². The first-order valence-corrected chi connectivity index (χ1v) is 7.41. The molecule has 5 nitrogen and oxygen atoms in total. The minimum atomic E-state index is -0.327. The van der Waals surface area contributed by atoms with Crippen molar-refractivity contribution in [2.75, 3.05) is 16.5 Å². The van der Waals surface area contributed by atoms with E-state index in [1.54, 1.807) is 48.7 Å². The number of hydrogen-bond acceptors (Lipinski definition) is 3. The molecule has 6 heteroatoms. The van der Waals surface area contributed by atoms with E-state index in [0.717, 1.165) is 0 Å². The summed E-state index contributed by atoms with van der Waals surface area (Å²) in [6, 6.07) is 12.1. The van der Waals surface area contributed by atoms with E-state index in [2.05, 4.69) is 15.6 Å². The first-order chi connectivity index (χ1) is 10.7. The second-order valence-corrected chi connectivity index (χ2v) is 4.93. The highest BCUT2D eigenvalue weighted by Crippen LogP contribution is 2.17. The van der Waals surface area contributed by atoms with Crippen LogP contribution in [0, 0.1) is 0 Å². The first-order valence-electron chi connectivity index (χ1n) is 6.88. The van der Waals surface area contributed by atoms with E-state index in [9.17, 15) is 9.59 Å². The summed E-state index contributed by atoms with van der Waals surface area (Å²) in [5.74, 6) is 0.385. The SMILES string of the molecule is O=C(CCCCl)Nc1ccccc1C(=O)Nc1ccccn1. The van der Waals surface area contributed by atoms with Gasteiger partial charge in [0.25, 0.3) is 5.91 Å². The van der Waals surface area contributed by atoms with Crippen molar-refractivity contribution in [2.45, 2.75) is 12.8 Å². The van der Waals surface area contributed by atoms with Crippen LogP contribution in [0.15, 0.2) is 48.7 Å². The number of carbonyl (C=O) groups excluding carboxylic acids is 2. The molecule has 0 radical (unpaired) electrons. The molecule has 1 aromatic heterocycles. The predicted molar refractivity (Wildman–Crippen MR) is 87.2 cm³/mol. The molecule has 0 unspecified atom stereocenters. The van der Waals surface area contributed by atoms with E-state index in [1.807, 2.05) is 0 Å². The van der Waals surface area contributed by atoms with Gasteiger partial charge in [-0.2, -0.15) is 0 Å². The molecule has 2 N–H and O–H groups in total. The van der Waals surface area contributed by atoms with Crippen LogP contribution >= 0.6 is 11.6 Å². The number of halogens is 1. The number of pyridine rings is 1. The Labute approximate surface area is 133 Å². The van der Waals surface area contributed by atoms with Crippen LogP contribution in [-0.4, -0.2) is 22.7 Å². The average molecular weight is 318 g/mol. The number of amides is 2. The number of anilines is 2. The van der Waals surface area contributed by atoms with Gasteiger partial charge in [-0.1, -0.05) is 18.2 Å². The van der Waals surface area contributed by atoms with E-state index in [-0.39, 0.29) is 11.8 Å². The van der Waals surface area contributed by atoms with Crippen molar-refractivity contribution in [1.29, 1.82) is 0 Å². The molecular formula is C16H16ClN3O2. The van der Waals surface area contributed by atoms with Crippen LogP contribution in [0.3, 0.4) is 0 Å². The molecule has 0 aliphatic carbocycles. The van der Waals surface area contributed by atoms with E-state index in [4.69, 9.17) is 11.6 Å². The van der Waals surface area contributed by atoms with Crippen LogP contribution in [-0.2, 0) is 4.79 Å². The molecule has 0 atom stereocenters. The Morgan fingerprint density at radius 1 is 1.05 bits per heavy atom. The van der Waals surface area contributed by atoms with Crippen molar-refractivity contribution in [3.05, 3.63) is 54.2 Å². The van der Waals surface area contributed by atoms with Crippen molar-refractivity contribution < 1.29 is 9.59 Å². The fourth-order valence-electron chi connectivity index (χ4n) is 1.85. The molecule has 2 rings (SSSR count). The lowest BCUT2D eigenvalue weighted by atomic mass is 10.1. The molecule has 0 saturated heterocycles. The Hall–Kier alpha value is -2.40. The summed E-state index contributed by atoms with van der Waals surface area (Å²) in [5, 5.41) is 5.43. The summed E-state index contributed by atoms with van der Waals surface area (Å²) in [6.07, 6.45) is 2.50. The number of carbonyl (C=O) groups is 2. The maximum Gasteiger partial charge on any atom is 0.258 e. The molecule has 1 heterocycles. The molecule has 2 amide bonds. The number of hydrogen-bond donors (Lipinski definition) is 2. The quantitative estimate of drug-likeness (QED) is 0.803. The van der Waals surface area contributed by atoms with Crippen molar-refractivity contribution in [3.63, 3.8) is 0 Å². The molecule has 22 heavy (non-hydrogen) atoms. The molecule has 0 bridgehead atoms. The lowest BCUT2D eigenvalue weighted by Crippen LogP contribution is -2.18. The molecule has 0 aliphatic heterocycles. The standard InChI is InChI=1S/C16H16ClN3O2/c17-10-5-9-15(21)19-13-7-2-1-6-12(13)16(22)20-14-8-3-4-11-18-14/h1-4,6-8,11H,5,9-10H2,(H,19,21)(H,18,20,22). The van der Waals surface area contributed by atoms with Gasteiger partial charge in [-0.05, 0) is 30.7 Å². The zero-order valence-corrected chi connectivity index (χ0v) is 12.6. The first kappa shape index (κ1) is 16.0. The minimum Gasteiger partial charge on any atom is -0.325 e. The van der Waals surface area contributed by atoms with Crippen LogP contribution in [0.5, 0.6) is 0 Å². The van der Waals surface area contributed by atoms with Crippen molar-refractivity contribution >= 4 is 34.9 Å². The highest BCUT2D eigenvalue weighted by atomic mass is 35.5. The maximum atomic E-state index is 12.3. The molecule has 0 saturated carbocycles. The Bertz CT molecular complexity index is 647. The molecule has 0 fully saturated rings. The van der Waals surface area contributed by atoms with Gasteiger partial charge in [0.1, 0.15) is 5.82 Å². The third-order valence-electron chi connectivity index (χ3n) is 2.89. The van der Waals surface area contributed by atoms with Gasteiger partial charge in [0.05, 0.1) is 11.3 Å². The zero-order valence-electron chi connectivity index (χ0n) is 11.9. The van der Waals surface area contributed by atoms with Crippen molar-refractivity contribution in [3.8, 4) is 0 Å². The van der Waals surface area contributed by atoms with Crippen molar-refractivity contribution in [1.82, 2.24) is 4.98 Å². The average Bonchev–Trinajstić information content (AvgIpc) is 2.54. The van der Waals surface area contributed by atoms with Gasteiger partial charge in [0.2, 0.25) is 5.91 Å². The van der Waals surface area contributed by atoms with Gasteiger partial charge in [0, 0.05) is 18.5 Å². The fraction of sp³-hybridized carbons (Fsp3) is 0.188. The Balaban J connectivity index is 2.10. The smallest absolute Gasteiger partial charge is 0.258 e. The Morgan fingerprint density at radius 2 is 1.82 bits per heavy atom. The fourth-order valence-corrected chi connectivity index (χ4v) is 1.98. The van der Waals surface area contributed by atoms with Gasteiger partial charge in [-0.25, -0.2) is 4.98 Å². The Kier molecular flexibility index (Phi) is 5.91. The highest BCUT2D eigenvalue weighted by molar-refractivity contribution is 6.18. The number of nitrogens with zero attached hydrogens (tertiary/aromatic N) is 1. The van der Waals surface area contributed by atoms with Gasteiger partial charge >= 0.3 is 0 Å². The number of nitrogens with one attached hydrogen (secondary N) is 2. The molecule has 1 aromatic carbocycles. The summed E-state index contributed by atoms with van der Waals surface area (Å²) >= 11 is 5.57. The summed E-state index contributed by atoms with van der Waals surface area (Å²) < 4.78 is 0. The number of para-hydroxylation sites is 1. The minimum absolute atomic E-state index is 0.168. The number of aromatic nitrogens is 1. The normalized spacial score (nSPS) is 10.0. The Morgan fingerprint density at radius 3 is 2.55 bits per heavy atom. The lowest BCUT2D eigenvalue weighted by molar-refractivity contribution is -0.116. The topological polar surface area (TPSA) is 71.1 Å². The molecule has 0 spiro atoms. The third-order valence-corrected chi connectivity index (χ3v) is 3.16. The highest BCUT2D eigenvalue weighted by Gasteiger charge is 2.13. The predicted octanol–water partition coefficient (Wildman–Crippen LogP) is 3.29. The second-order valence-electron chi connectivity index (χ2n) is 4.56.